The Morgan fingerprint density at radius 1 is 1.00 bits per heavy atom. The Hall–Kier alpha value is -0.140. The SMILES string of the molecule is CCS(=O)(=O)CCNCCS(=O)(=O)C(C)C. The predicted octanol–water partition coefficient (Wildman–Crippen LogP) is -0.166. The zero-order chi connectivity index (χ0) is 12.8. The maximum absolute atomic E-state index is 11.4. The first-order valence-corrected chi connectivity index (χ1v) is 8.87. The van der Waals surface area contributed by atoms with Gasteiger partial charge in [0.15, 0.2) is 19.7 Å². The van der Waals surface area contributed by atoms with Gasteiger partial charge < -0.3 is 5.32 Å². The van der Waals surface area contributed by atoms with Gasteiger partial charge in [-0.1, -0.05) is 6.92 Å². The second kappa shape index (κ2) is 6.56. The van der Waals surface area contributed by atoms with Gasteiger partial charge in [0, 0.05) is 18.8 Å². The Balaban J connectivity index is 3.79. The fourth-order valence-electron chi connectivity index (χ4n) is 0.947. The predicted molar refractivity (Wildman–Crippen MR) is 66.1 cm³/mol. The maximum atomic E-state index is 11.4. The number of sulfone groups is 2. The topological polar surface area (TPSA) is 80.3 Å². The van der Waals surface area contributed by atoms with Gasteiger partial charge in [0.1, 0.15) is 0 Å². The molecule has 7 heteroatoms. The molecule has 0 aliphatic rings. The lowest BCUT2D eigenvalue weighted by Crippen LogP contribution is -2.30. The molecule has 0 aliphatic heterocycles. The van der Waals surface area contributed by atoms with Crippen molar-refractivity contribution in [1.82, 2.24) is 5.32 Å². The summed E-state index contributed by atoms with van der Waals surface area (Å²) in [7, 11) is -6.00. The van der Waals surface area contributed by atoms with E-state index in [0.29, 0.717) is 13.1 Å². The third-order valence-electron chi connectivity index (χ3n) is 2.31. The average molecular weight is 271 g/mol. The minimum absolute atomic E-state index is 0.0524. The van der Waals surface area contributed by atoms with Crippen molar-refractivity contribution in [2.75, 3.05) is 30.3 Å². The molecule has 0 spiro atoms. The summed E-state index contributed by atoms with van der Waals surface area (Å²) < 4.78 is 45.0. The van der Waals surface area contributed by atoms with Gasteiger partial charge in [0.2, 0.25) is 0 Å². The molecule has 0 fully saturated rings. The Labute approximate surface area is 98.5 Å². The Kier molecular flexibility index (Phi) is 6.50. The molecule has 0 aromatic rings. The quantitative estimate of drug-likeness (QED) is 0.620. The molecule has 0 amide bonds. The molecule has 0 aromatic carbocycles. The molecule has 16 heavy (non-hydrogen) atoms. The lowest BCUT2D eigenvalue weighted by molar-refractivity contribution is 0.582. The fraction of sp³-hybridized carbons (Fsp3) is 1.00. The monoisotopic (exact) mass is 271 g/mol. The smallest absolute Gasteiger partial charge is 0.153 e. The first kappa shape index (κ1) is 15.9. The van der Waals surface area contributed by atoms with Gasteiger partial charge in [-0.2, -0.15) is 0 Å². The van der Waals surface area contributed by atoms with Crippen molar-refractivity contribution in [3.05, 3.63) is 0 Å². The van der Waals surface area contributed by atoms with Crippen LogP contribution in [0, 0.1) is 0 Å². The molecule has 0 unspecified atom stereocenters. The lowest BCUT2D eigenvalue weighted by Gasteiger charge is -2.08. The first-order valence-electron chi connectivity index (χ1n) is 5.34. The third kappa shape index (κ3) is 6.44. The third-order valence-corrected chi connectivity index (χ3v) is 6.23. The molecule has 0 bridgehead atoms. The standard InChI is InChI=1S/C9H21NO4S2/c1-4-15(11,12)7-5-10-6-8-16(13,14)9(2)3/h9-10H,4-8H2,1-3H3. The molecular weight excluding hydrogens is 250 g/mol. The van der Waals surface area contributed by atoms with Crippen LogP contribution >= 0.6 is 0 Å². The van der Waals surface area contributed by atoms with Crippen LogP contribution in [0.15, 0.2) is 0 Å². The van der Waals surface area contributed by atoms with Crippen LogP contribution in [0.1, 0.15) is 20.8 Å². The number of nitrogens with one attached hydrogen (secondary N) is 1. The van der Waals surface area contributed by atoms with Crippen molar-refractivity contribution in [1.29, 1.82) is 0 Å². The zero-order valence-electron chi connectivity index (χ0n) is 10.1. The molecule has 0 saturated heterocycles. The van der Waals surface area contributed by atoms with Gasteiger partial charge in [-0.05, 0) is 13.8 Å². The van der Waals surface area contributed by atoms with Crippen molar-refractivity contribution in [2.45, 2.75) is 26.0 Å². The maximum Gasteiger partial charge on any atom is 0.153 e. The summed E-state index contributed by atoms with van der Waals surface area (Å²) in [6, 6.07) is 0. The van der Waals surface area contributed by atoms with Gasteiger partial charge in [-0.3, -0.25) is 0 Å². The average Bonchev–Trinajstić information content (AvgIpc) is 2.16. The summed E-state index contributed by atoms with van der Waals surface area (Å²) >= 11 is 0. The van der Waals surface area contributed by atoms with E-state index in [9.17, 15) is 16.8 Å². The lowest BCUT2D eigenvalue weighted by atomic mass is 10.6. The largest absolute Gasteiger partial charge is 0.315 e. The second-order valence-corrected chi connectivity index (χ2v) is 9.05. The summed E-state index contributed by atoms with van der Waals surface area (Å²) in [5, 5.41) is 2.45. The number of hydrogen-bond donors (Lipinski definition) is 1. The van der Waals surface area contributed by atoms with Crippen molar-refractivity contribution in [3.63, 3.8) is 0 Å². The Morgan fingerprint density at radius 2 is 1.50 bits per heavy atom. The summed E-state index contributed by atoms with van der Waals surface area (Å²) in [4.78, 5) is 0. The van der Waals surface area contributed by atoms with E-state index in [1.165, 1.54) is 0 Å². The van der Waals surface area contributed by atoms with Gasteiger partial charge in [-0.25, -0.2) is 16.8 Å². The van der Waals surface area contributed by atoms with Gasteiger partial charge in [0.25, 0.3) is 0 Å². The van der Waals surface area contributed by atoms with E-state index in [1.807, 2.05) is 0 Å². The summed E-state index contributed by atoms with van der Waals surface area (Å²) in [6.45, 7) is 5.48. The summed E-state index contributed by atoms with van der Waals surface area (Å²) in [6.07, 6.45) is 0. The molecule has 0 heterocycles. The van der Waals surface area contributed by atoms with Crippen LogP contribution in [0.3, 0.4) is 0 Å². The molecule has 1 N–H and O–H groups in total. The highest BCUT2D eigenvalue weighted by molar-refractivity contribution is 7.92. The zero-order valence-corrected chi connectivity index (χ0v) is 11.7. The number of rotatable bonds is 8. The fourth-order valence-corrected chi connectivity index (χ4v) is 2.59. The molecule has 0 atom stereocenters. The van der Waals surface area contributed by atoms with E-state index in [-0.39, 0.29) is 22.5 Å². The van der Waals surface area contributed by atoms with E-state index < -0.39 is 19.7 Å². The molecule has 5 nitrogen and oxygen atoms in total. The van der Waals surface area contributed by atoms with Crippen molar-refractivity contribution >= 4 is 19.7 Å². The van der Waals surface area contributed by atoms with E-state index in [1.54, 1.807) is 20.8 Å². The van der Waals surface area contributed by atoms with Crippen LogP contribution in [0.4, 0.5) is 0 Å². The Morgan fingerprint density at radius 3 is 1.94 bits per heavy atom. The first-order chi connectivity index (χ1) is 7.21. The van der Waals surface area contributed by atoms with Crippen molar-refractivity contribution < 1.29 is 16.8 Å². The number of hydrogen-bond acceptors (Lipinski definition) is 5. The van der Waals surface area contributed by atoms with Crippen molar-refractivity contribution in [2.24, 2.45) is 0 Å². The van der Waals surface area contributed by atoms with E-state index in [0.717, 1.165) is 0 Å². The van der Waals surface area contributed by atoms with Crippen LogP contribution in [-0.4, -0.2) is 52.4 Å². The van der Waals surface area contributed by atoms with Crippen molar-refractivity contribution in [3.8, 4) is 0 Å². The van der Waals surface area contributed by atoms with Crippen LogP contribution in [0.25, 0.3) is 0 Å². The second-order valence-electron chi connectivity index (χ2n) is 3.90. The molecule has 0 aliphatic carbocycles. The molecule has 0 rings (SSSR count). The highest BCUT2D eigenvalue weighted by Gasteiger charge is 2.15. The van der Waals surface area contributed by atoms with Gasteiger partial charge in [-0.15, -0.1) is 0 Å². The van der Waals surface area contributed by atoms with E-state index >= 15 is 0 Å². The van der Waals surface area contributed by atoms with Crippen LogP contribution in [0.5, 0.6) is 0 Å². The van der Waals surface area contributed by atoms with Crippen LogP contribution in [-0.2, 0) is 19.7 Å². The highest BCUT2D eigenvalue weighted by Crippen LogP contribution is 1.98. The van der Waals surface area contributed by atoms with Gasteiger partial charge >= 0.3 is 0 Å². The Bertz CT molecular complexity index is 384. The highest BCUT2D eigenvalue weighted by atomic mass is 32.2. The minimum Gasteiger partial charge on any atom is -0.315 e. The summed E-state index contributed by atoms with van der Waals surface area (Å²) in [5.74, 6) is 0.237. The summed E-state index contributed by atoms with van der Waals surface area (Å²) in [5.41, 5.74) is 0. The van der Waals surface area contributed by atoms with Crippen LogP contribution < -0.4 is 5.32 Å². The molecule has 98 valence electrons. The van der Waals surface area contributed by atoms with Crippen LogP contribution in [0.2, 0.25) is 0 Å². The minimum atomic E-state index is -3.03. The van der Waals surface area contributed by atoms with Gasteiger partial charge in [0.05, 0.1) is 16.8 Å². The normalized spacial score (nSPS) is 13.2. The van der Waals surface area contributed by atoms with E-state index in [4.69, 9.17) is 0 Å². The molecule has 0 aromatic heterocycles. The molecule has 0 radical (unpaired) electrons. The molecular formula is C9H21NO4S2. The van der Waals surface area contributed by atoms with E-state index in [2.05, 4.69) is 5.32 Å². The molecule has 0 saturated carbocycles.